The van der Waals surface area contributed by atoms with E-state index < -0.39 is 5.97 Å². The van der Waals surface area contributed by atoms with Gasteiger partial charge in [0.25, 0.3) is 0 Å². The molecule has 2 heterocycles. The molecule has 0 unspecified atom stereocenters. The number of thiocarbonyl (C=S) groups is 1. The summed E-state index contributed by atoms with van der Waals surface area (Å²) in [5, 5.41) is 1.41. The Morgan fingerprint density at radius 1 is 1.14 bits per heavy atom. The Bertz CT molecular complexity index is 955. The number of benzene rings is 2. The van der Waals surface area contributed by atoms with Gasteiger partial charge in [-0.3, -0.25) is 0 Å². The first-order valence-corrected chi connectivity index (χ1v) is 7.23. The second-order valence-electron chi connectivity index (χ2n) is 5.13. The zero-order valence-corrected chi connectivity index (χ0v) is 12.6. The first kappa shape index (κ1) is 13.1. The van der Waals surface area contributed by atoms with Crippen LogP contribution in [0.1, 0.15) is 12.5 Å². The number of hydrogen-bond acceptors (Lipinski definition) is 5. The average molecular weight is 309 g/mol. The van der Waals surface area contributed by atoms with Crippen LogP contribution in [0.15, 0.2) is 36.4 Å². The molecule has 0 saturated carbocycles. The Labute approximate surface area is 131 Å². The highest BCUT2D eigenvalue weighted by atomic mass is 32.1. The molecule has 0 amide bonds. The molecule has 1 aliphatic rings. The molecule has 5 nitrogen and oxygen atoms in total. The maximum Gasteiger partial charge on any atom is 0.329 e. The molecule has 0 saturated heterocycles. The molecule has 3 aromatic rings. The predicted molar refractivity (Wildman–Crippen MR) is 87.6 cm³/mol. The Hall–Kier alpha value is -2.60. The van der Waals surface area contributed by atoms with E-state index in [1.165, 1.54) is 12.0 Å². The molecule has 0 atom stereocenters. The van der Waals surface area contributed by atoms with Crippen molar-refractivity contribution in [2.24, 2.45) is 0 Å². The molecule has 0 N–H and O–H groups in total. The minimum atomic E-state index is -0.403. The van der Waals surface area contributed by atoms with Crippen LogP contribution in [0.5, 0.6) is 0 Å². The lowest BCUT2D eigenvalue weighted by Crippen LogP contribution is -2.27. The Morgan fingerprint density at radius 2 is 1.77 bits per heavy atom. The summed E-state index contributed by atoms with van der Waals surface area (Å²) in [5.41, 5.74) is 4.99. The third-order valence-electron chi connectivity index (χ3n) is 3.55. The summed E-state index contributed by atoms with van der Waals surface area (Å²) in [5.74, 6) is -0.403. The Balaban J connectivity index is 1.93. The van der Waals surface area contributed by atoms with Gasteiger partial charge in [-0.1, -0.05) is 24.4 Å². The lowest BCUT2D eigenvalue weighted by Gasteiger charge is -2.17. The van der Waals surface area contributed by atoms with E-state index in [0.29, 0.717) is 11.4 Å². The highest BCUT2D eigenvalue weighted by molar-refractivity contribution is 7.80. The fourth-order valence-electron chi connectivity index (χ4n) is 2.63. The van der Waals surface area contributed by atoms with Crippen molar-refractivity contribution in [2.75, 3.05) is 5.06 Å². The lowest BCUT2D eigenvalue weighted by atomic mass is 10.1. The number of aromatic nitrogens is 2. The van der Waals surface area contributed by atoms with Gasteiger partial charge in [-0.15, -0.1) is 0 Å². The van der Waals surface area contributed by atoms with Crippen molar-refractivity contribution in [1.29, 1.82) is 0 Å². The molecule has 1 aliphatic heterocycles. The number of para-hydroxylation sites is 2. The van der Waals surface area contributed by atoms with Gasteiger partial charge in [-0.2, -0.15) is 5.06 Å². The summed E-state index contributed by atoms with van der Waals surface area (Å²) in [7, 11) is 0. The van der Waals surface area contributed by atoms with E-state index in [4.69, 9.17) is 17.1 Å². The third-order valence-corrected chi connectivity index (χ3v) is 3.86. The molecule has 2 aromatic carbocycles. The fraction of sp³-hybridized carbons (Fsp3) is 0.125. The van der Waals surface area contributed by atoms with Crippen molar-refractivity contribution >= 4 is 50.9 Å². The van der Waals surface area contributed by atoms with Gasteiger partial charge < -0.3 is 4.84 Å². The minimum Gasteiger partial charge on any atom is -0.336 e. The molecule has 22 heavy (non-hydrogen) atoms. The van der Waals surface area contributed by atoms with Gasteiger partial charge in [0.2, 0.25) is 0 Å². The first-order valence-electron chi connectivity index (χ1n) is 6.83. The quantitative estimate of drug-likeness (QED) is 0.509. The zero-order chi connectivity index (χ0) is 15.3. The lowest BCUT2D eigenvalue weighted by molar-refractivity contribution is -0.140. The number of rotatable bonds is 1. The molecule has 4 rings (SSSR count). The fourth-order valence-corrected chi connectivity index (χ4v) is 2.92. The molecule has 0 radical (unpaired) electrons. The van der Waals surface area contributed by atoms with E-state index >= 15 is 0 Å². The van der Waals surface area contributed by atoms with Crippen LogP contribution in [-0.2, 0) is 16.1 Å². The van der Waals surface area contributed by atoms with Crippen LogP contribution in [0.2, 0.25) is 0 Å². The number of carbonyl (C=O) groups excluding carboxylic acids is 1. The molecule has 108 valence electrons. The maximum atomic E-state index is 11.2. The van der Waals surface area contributed by atoms with Gasteiger partial charge in [0.05, 0.1) is 27.8 Å². The van der Waals surface area contributed by atoms with Crippen LogP contribution < -0.4 is 5.06 Å². The topological polar surface area (TPSA) is 55.3 Å². The molecule has 0 spiro atoms. The summed E-state index contributed by atoms with van der Waals surface area (Å²) in [6.45, 7) is 1.36. The Kier molecular flexibility index (Phi) is 2.80. The second kappa shape index (κ2) is 4.71. The van der Waals surface area contributed by atoms with Crippen molar-refractivity contribution in [3.05, 3.63) is 42.0 Å². The van der Waals surface area contributed by atoms with Gasteiger partial charge in [-0.05, 0) is 29.8 Å². The van der Waals surface area contributed by atoms with Gasteiger partial charge in [0.1, 0.15) is 4.99 Å². The Morgan fingerprint density at radius 3 is 2.41 bits per heavy atom. The molecular weight excluding hydrogens is 298 g/mol. The highest BCUT2D eigenvalue weighted by Crippen LogP contribution is 2.33. The van der Waals surface area contributed by atoms with Crippen LogP contribution in [0.25, 0.3) is 22.1 Å². The second-order valence-corrected chi connectivity index (χ2v) is 5.60. The van der Waals surface area contributed by atoms with Crippen molar-refractivity contribution in [3.63, 3.8) is 0 Å². The van der Waals surface area contributed by atoms with Gasteiger partial charge in [0, 0.05) is 13.3 Å². The van der Waals surface area contributed by atoms with Crippen LogP contribution in [0.4, 0.5) is 5.69 Å². The number of carbonyl (C=O) groups is 1. The van der Waals surface area contributed by atoms with Crippen LogP contribution >= 0.6 is 12.2 Å². The van der Waals surface area contributed by atoms with E-state index in [1.54, 1.807) is 0 Å². The number of anilines is 1. The average Bonchev–Trinajstić information content (AvgIpc) is 2.77. The highest BCUT2D eigenvalue weighted by Gasteiger charge is 2.28. The van der Waals surface area contributed by atoms with E-state index in [2.05, 4.69) is 9.97 Å². The van der Waals surface area contributed by atoms with Crippen molar-refractivity contribution in [3.8, 4) is 0 Å². The molecule has 0 aliphatic carbocycles. The van der Waals surface area contributed by atoms with Crippen LogP contribution in [0.3, 0.4) is 0 Å². The molecule has 6 heteroatoms. The van der Waals surface area contributed by atoms with E-state index in [9.17, 15) is 4.79 Å². The zero-order valence-electron chi connectivity index (χ0n) is 11.7. The smallest absolute Gasteiger partial charge is 0.329 e. The molecule has 0 fully saturated rings. The van der Waals surface area contributed by atoms with Gasteiger partial charge in [0.15, 0.2) is 0 Å². The molecule has 0 bridgehead atoms. The number of hydroxylamine groups is 1. The van der Waals surface area contributed by atoms with Gasteiger partial charge >= 0.3 is 5.97 Å². The largest absolute Gasteiger partial charge is 0.336 e. The van der Waals surface area contributed by atoms with E-state index in [0.717, 1.165) is 33.3 Å². The van der Waals surface area contributed by atoms with Crippen molar-refractivity contribution < 1.29 is 9.63 Å². The monoisotopic (exact) mass is 309 g/mol. The predicted octanol–water partition coefficient (Wildman–Crippen LogP) is 2.95. The van der Waals surface area contributed by atoms with Gasteiger partial charge in [-0.25, -0.2) is 14.8 Å². The molecule has 1 aromatic heterocycles. The third kappa shape index (κ3) is 2.00. The molecular formula is C16H11N3O2S. The minimum absolute atomic E-state index is 0.403. The number of nitrogens with zero attached hydrogens (tertiary/aromatic N) is 3. The first-order chi connectivity index (χ1) is 10.6. The number of fused-ring (bicyclic) bond motifs is 3. The van der Waals surface area contributed by atoms with E-state index in [-0.39, 0.29) is 0 Å². The summed E-state index contributed by atoms with van der Waals surface area (Å²) in [4.78, 5) is 26.2. The van der Waals surface area contributed by atoms with E-state index in [1.807, 2.05) is 36.4 Å². The van der Waals surface area contributed by atoms with Crippen molar-refractivity contribution in [1.82, 2.24) is 9.97 Å². The van der Waals surface area contributed by atoms with Crippen LogP contribution in [-0.4, -0.2) is 20.9 Å². The van der Waals surface area contributed by atoms with Crippen molar-refractivity contribution in [2.45, 2.75) is 13.3 Å². The summed E-state index contributed by atoms with van der Waals surface area (Å²) < 4.78 is 0. The summed E-state index contributed by atoms with van der Waals surface area (Å²) in [6, 6.07) is 11.5. The number of hydrogen-bond donors (Lipinski definition) is 0. The normalized spacial score (nSPS) is 13.7. The summed E-state index contributed by atoms with van der Waals surface area (Å²) >= 11 is 5.30. The van der Waals surface area contributed by atoms with Crippen LogP contribution in [0, 0.1) is 0 Å². The maximum absolute atomic E-state index is 11.2. The standard InChI is InChI=1S/C16H11N3O2S/c1-9(20)21-19-15-8-14-13(6-10(15)7-16(19)22)17-11-4-2-3-5-12(11)18-14/h2-6,8H,7H2,1H3. The SMILES string of the molecule is CC(=O)ON1C(=S)Cc2cc3nc4ccccc4nc3cc21. The summed E-state index contributed by atoms with van der Waals surface area (Å²) in [6.07, 6.45) is 0.558.